The molecule has 3 fully saturated rings. The molecule has 30 heavy (non-hydrogen) atoms. The summed E-state index contributed by atoms with van der Waals surface area (Å²) in [6.07, 6.45) is 3.84. The van der Waals surface area contributed by atoms with E-state index in [4.69, 9.17) is 9.47 Å². The van der Waals surface area contributed by atoms with Crippen LogP contribution in [0.2, 0.25) is 0 Å². The first-order valence-electron chi connectivity index (χ1n) is 10.7. The Morgan fingerprint density at radius 2 is 2.00 bits per heavy atom. The van der Waals surface area contributed by atoms with Crippen LogP contribution in [0.3, 0.4) is 0 Å². The van der Waals surface area contributed by atoms with Crippen LogP contribution in [-0.2, 0) is 23.9 Å². The topological polar surface area (TPSA) is 114 Å². The zero-order valence-electron chi connectivity index (χ0n) is 18.3. The molecule has 3 aliphatic rings. The summed E-state index contributed by atoms with van der Waals surface area (Å²) in [7, 11) is 1.25. The van der Waals surface area contributed by atoms with Crippen molar-refractivity contribution in [2.45, 2.75) is 77.0 Å². The number of carbonyl (C=O) groups is 4. The monoisotopic (exact) mass is 423 g/mol. The van der Waals surface area contributed by atoms with Crippen molar-refractivity contribution in [1.82, 2.24) is 15.5 Å². The van der Waals surface area contributed by atoms with Gasteiger partial charge in [-0.15, -0.1) is 0 Å². The van der Waals surface area contributed by atoms with Crippen molar-refractivity contribution in [2.75, 3.05) is 20.2 Å². The fourth-order valence-electron chi connectivity index (χ4n) is 4.62. The maximum Gasteiger partial charge on any atom is 0.410 e. The maximum atomic E-state index is 13.2. The Hall–Kier alpha value is -2.32. The number of ether oxygens (including phenoxy) is 2. The van der Waals surface area contributed by atoms with Gasteiger partial charge >= 0.3 is 12.1 Å². The average molecular weight is 424 g/mol. The van der Waals surface area contributed by atoms with Gasteiger partial charge in [0.2, 0.25) is 11.8 Å². The van der Waals surface area contributed by atoms with Crippen molar-refractivity contribution in [3.05, 3.63) is 0 Å². The molecular weight excluding hydrogens is 390 g/mol. The molecule has 0 bridgehead atoms. The minimum Gasteiger partial charge on any atom is -0.467 e. The van der Waals surface area contributed by atoms with Crippen molar-refractivity contribution < 1.29 is 28.7 Å². The van der Waals surface area contributed by atoms with Crippen LogP contribution in [0.5, 0.6) is 0 Å². The van der Waals surface area contributed by atoms with Gasteiger partial charge < -0.3 is 20.1 Å². The third kappa shape index (κ3) is 4.87. The highest BCUT2D eigenvalue weighted by atomic mass is 16.6. The van der Waals surface area contributed by atoms with Gasteiger partial charge in [0.1, 0.15) is 17.7 Å². The van der Waals surface area contributed by atoms with Crippen LogP contribution in [0.4, 0.5) is 4.79 Å². The number of likely N-dealkylation sites (tertiary alicyclic amines) is 1. The number of nitrogens with one attached hydrogen (secondary N) is 2. The molecular formula is C21H33N3O6. The number of carbonyl (C=O) groups excluding carboxylic acids is 4. The first-order chi connectivity index (χ1) is 14.0. The molecule has 0 radical (unpaired) electrons. The van der Waals surface area contributed by atoms with Gasteiger partial charge in [-0.25, -0.2) is 9.59 Å². The second-order valence-corrected chi connectivity index (χ2v) is 9.78. The molecule has 2 heterocycles. The van der Waals surface area contributed by atoms with E-state index < -0.39 is 35.7 Å². The van der Waals surface area contributed by atoms with Gasteiger partial charge in [0.15, 0.2) is 0 Å². The Balaban J connectivity index is 1.72. The van der Waals surface area contributed by atoms with Gasteiger partial charge in [-0.3, -0.25) is 14.5 Å². The molecule has 2 aliphatic heterocycles. The summed E-state index contributed by atoms with van der Waals surface area (Å²) >= 11 is 0. The molecule has 3 atom stereocenters. The SMILES string of the molecule is COC(=O)[C@H](C[C@@H]1CCNC1=O)NC(=O)C1CC2(CCC2)CN1C(=O)OC(C)(C)C. The fraction of sp³-hybridized carbons (Fsp3) is 0.810. The number of hydrogen-bond acceptors (Lipinski definition) is 6. The summed E-state index contributed by atoms with van der Waals surface area (Å²) in [6, 6.07) is -1.64. The summed E-state index contributed by atoms with van der Waals surface area (Å²) in [5, 5.41) is 5.48. The fourth-order valence-corrected chi connectivity index (χ4v) is 4.62. The van der Waals surface area contributed by atoms with Crippen molar-refractivity contribution in [2.24, 2.45) is 11.3 Å². The molecule has 1 saturated carbocycles. The molecule has 1 unspecified atom stereocenters. The third-order valence-electron chi connectivity index (χ3n) is 6.34. The highest BCUT2D eigenvalue weighted by Crippen LogP contribution is 2.50. The summed E-state index contributed by atoms with van der Waals surface area (Å²) < 4.78 is 10.4. The number of nitrogens with zero attached hydrogens (tertiary/aromatic N) is 1. The minimum atomic E-state index is -0.935. The van der Waals surface area contributed by atoms with Crippen molar-refractivity contribution >= 4 is 23.9 Å². The maximum absolute atomic E-state index is 13.2. The van der Waals surface area contributed by atoms with E-state index in [1.807, 2.05) is 0 Å². The molecule has 168 valence electrons. The lowest BCUT2D eigenvalue weighted by Gasteiger charge is -2.37. The zero-order valence-corrected chi connectivity index (χ0v) is 18.3. The number of rotatable bonds is 5. The van der Waals surface area contributed by atoms with Crippen LogP contribution in [0.15, 0.2) is 0 Å². The predicted octanol–water partition coefficient (Wildman–Crippen LogP) is 1.35. The smallest absolute Gasteiger partial charge is 0.410 e. The molecule has 9 nitrogen and oxygen atoms in total. The zero-order chi connectivity index (χ0) is 22.1. The first-order valence-corrected chi connectivity index (χ1v) is 10.7. The summed E-state index contributed by atoms with van der Waals surface area (Å²) in [4.78, 5) is 51.7. The lowest BCUT2D eigenvalue weighted by atomic mass is 9.67. The second kappa shape index (κ2) is 8.43. The van der Waals surface area contributed by atoms with E-state index in [0.29, 0.717) is 25.9 Å². The van der Waals surface area contributed by atoms with Crippen LogP contribution < -0.4 is 10.6 Å². The quantitative estimate of drug-likeness (QED) is 0.645. The van der Waals surface area contributed by atoms with Gasteiger partial charge in [0, 0.05) is 19.0 Å². The van der Waals surface area contributed by atoms with E-state index in [0.717, 1.165) is 19.3 Å². The van der Waals surface area contributed by atoms with Gasteiger partial charge in [-0.1, -0.05) is 6.42 Å². The minimum absolute atomic E-state index is 0.0506. The van der Waals surface area contributed by atoms with E-state index in [2.05, 4.69) is 10.6 Å². The molecule has 3 rings (SSSR count). The largest absolute Gasteiger partial charge is 0.467 e. The van der Waals surface area contributed by atoms with Crippen LogP contribution in [0.25, 0.3) is 0 Å². The van der Waals surface area contributed by atoms with Crippen molar-refractivity contribution in [3.63, 3.8) is 0 Å². The summed E-state index contributed by atoms with van der Waals surface area (Å²) in [6.45, 7) is 6.40. The Morgan fingerprint density at radius 3 is 2.50 bits per heavy atom. The Bertz CT molecular complexity index is 712. The van der Waals surface area contributed by atoms with Crippen molar-refractivity contribution in [1.29, 1.82) is 0 Å². The predicted molar refractivity (Wildman–Crippen MR) is 107 cm³/mol. The van der Waals surface area contributed by atoms with E-state index in [1.54, 1.807) is 20.8 Å². The van der Waals surface area contributed by atoms with Crippen LogP contribution in [0.1, 0.15) is 59.3 Å². The number of hydrogen-bond donors (Lipinski definition) is 2. The molecule has 2 saturated heterocycles. The van der Waals surface area contributed by atoms with E-state index in [-0.39, 0.29) is 23.7 Å². The molecule has 3 amide bonds. The Labute approximate surface area is 177 Å². The molecule has 9 heteroatoms. The van der Waals surface area contributed by atoms with Gasteiger partial charge in [-0.2, -0.15) is 0 Å². The summed E-state index contributed by atoms with van der Waals surface area (Å²) in [5.41, 5.74) is -0.719. The molecule has 0 aromatic carbocycles. The Morgan fingerprint density at radius 1 is 1.30 bits per heavy atom. The van der Waals surface area contributed by atoms with Gasteiger partial charge in [-0.05, 0) is 58.3 Å². The third-order valence-corrected chi connectivity index (χ3v) is 6.34. The molecule has 2 N–H and O–H groups in total. The van der Waals surface area contributed by atoms with Gasteiger partial charge in [0.05, 0.1) is 7.11 Å². The summed E-state index contributed by atoms with van der Waals surface area (Å²) in [5.74, 6) is -1.47. The number of esters is 1. The lowest BCUT2D eigenvalue weighted by molar-refractivity contribution is -0.146. The van der Waals surface area contributed by atoms with E-state index in [1.165, 1.54) is 12.0 Å². The van der Waals surface area contributed by atoms with Crippen molar-refractivity contribution in [3.8, 4) is 0 Å². The normalized spacial score (nSPS) is 26.0. The lowest BCUT2D eigenvalue weighted by Crippen LogP contribution is -2.52. The number of methoxy groups -OCH3 is 1. The highest BCUT2D eigenvalue weighted by Gasteiger charge is 2.52. The molecule has 1 spiro atoms. The van der Waals surface area contributed by atoms with Crippen LogP contribution in [0, 0.1) is 11.3 Å². The Kier molecular flexibility index (Phi) is 6.29. The number of amides is 3. The van der Waals surface area contributed by atoms with Gasteiger partial charge in [0.25, 0.3) is 0 Å². The average Bonchev–Trinajstić information content (AvgIpc) is 3.23. The standard InChI is InChI=1S/C21H33N3O6/c1-20(2,3)30-19(28)24-12-21(7-5-8-21)11-15(24)17(26)23-14(18(27)29-4)10-13-6-9-22-16(13)25/h13-15H,5-12H2,1-4H3,(H,22,25)(H,23,26)/t13-,14-,15?/m0/s1. The van der Waals surface area contributed by atoms with Crippen LogP contribution >= 0.6 is 0 Å². The molecule has 0 aromatic rings. The highest BCUT2D eigenvalue weighted by molar-refractivity contribution is 5.91. The van der Waals surface area contributed by atoms with E-state index in [9.17, 15) is 19.2 Å². The van der Waals surface area contributed by atoms with E-state index >= 15 is 0 Å². The molecule has 0 aromatic heterocycles. The first kappa shape index (κ1) is 22.4. The van der Waals surface area contributed by atoms with Crippen LogP contribution in [-0.4, -0.2) is 66.7 Å². The molecule has 1 aliphatic carbocycles. The second-order valence-electron chi connectivity index (χ2n) is 9.78.